The van der Waals surface area contributed by atoms with E-state index in [1.807, 2.05) is 35.0 Å². The van der Waals surface area contributed by atoms with Crippen LogP contribution < -0.4 is 5.56 Å². The van der Waals surface area contributed by atoms with Crippen molar-refractivity contribution < 1.29 is 0 Å². The van der Waals surface area contributed by atoms with Crippen molar-refractivity contribution in [1.82, 2.24) is 19.3 Å². The summed E-state index contributed by atoms with van der Waals surface area (Å²) in [4.78, 5) is 16.0. The Hall–Kier alpha value is -2.56. The summed E-state index contributed by atoms with van der Waals surface area (Å²) >= 11 is 0. The Balaban J connectivity index is 1.90. The molecule has 0 unspecified atom stereocenters. The second-order valence-electron chi connectivity index (χ2n) is 4.71. The summed E-state index contributed by atoms with van der Waals surface area (Å²) in [6, 6.07) is 9.61. The quantitative estimate of drug-likeness (QED) is 0.786. The van der Waals surface area contributed by atoms with Gasteiger partial charge in [-0.05, 0) is 24.1 Å². The maximum absolute atomic E-state index is 12.0. The summed E-state index contributed by atoms with van der Waals surface area (Å²) in [5.41, 5.74) is 2.91. The van der Waals surface area contributed by atoms with E-state index in [0.717, 1.165) is 17.8 Å². The van der Waals surface area contributed by atoms with Gasteiger partial charge in [-0.2, -0.15) is 0 Å². The lowest BCUT2D eigenvalue weighted by atomic mass is 10.1. The fourth-order valence-corrected chi connectivity index (χ4v) is 2.18. The van der Waals surface area contributed by atoms with Crippen LogP contribution in [0.25, 0.3) is 5.69 Å². The number of aromatic amines is 1. The standard InChI is InChI=1S/C15H16N4O/c1-2-12-3-5-14(6-4-12)19-15(20)9-13(17-19)10-18-8-7-16-11-18/h3-9,11,17H,2,10H2,1H3. The fourth-order valence-electron chi connectivity index (χ4n) is 2.18. The number of hydrogen-bond donors (Lipinski definition) is 1. The summed E-state index contributed by atoms with van der Waals surface area (Å²) in [7, 11) is 0. The highest BCUT2D eigenvalue weighted by Crippen LogP contribution is 2.08. The number of nitrogens with zero attached hydrogens (tertiary/aromatic N) is 3. The van der Waals surface area contributed by atoms with Gasteiger partial charge in [0.05, 0.1) is 24.3 Å². The molecule has 5 nitrogen and oxygen atoms in total. The molecule has 1 N–H and O–H groups in total. The second kappa shape index (κ2) is 5.21. The number of rotatable bonds is 4. The molecule has 0 radical (unpaired) electrons. The molecular weight excluding hydrogens is 252 g/mol. The lowest BCUT2D eigenvalue weighted by molar-refractivity contribution is 0.740. The molecule has 1 aromatic carbocycles. The first-order valence-corrected chi connectivity index (χ1v) is 6.62. The molecule has 2 heterocycles. The van der Waals surface area contributed by atoms with Crippen LogP contribution in [0.15, 0.2) is 53.8 Å². The normalized spacial score (nSPS) is 10.8. The van der Waals surface area contributed by atoms with Gasteiger partial charge < -0.3 is 4.57 Å². The van der Waals surface area contributed by atoms with Crippen LogP contribution in [0, 0.1) is 0 Å². The average Bonchev–Trinajstić information content (AvgIpc) is 3.09. The van der Waals surface area contributed by atoms with Crippen molar-refractivity contribution in [2.24, 2.45) is 0 Å². The number of aryl methyl sites for hydroxylation is 1. The first kappa shape index (κ1) is 12.5. The maximum Gasteiger partial charge on any atom is 0.271 e. The van der Waals surface area contributed by atoms with Crippen LogP contribution in [-0.4, -0.2) is 19.3 Å². The van der Waals surface area contributed by atoms with E-state index in [2.05, 4.69) is 17.0 Å². The molecule has 3 aromatic rings. The Morgan fingerprint density at radius 3 is 2.70 bits per heavy atom. The van der Waals surface area contributed by atoms with Crippen molar-refractivity contribution in [3.63, 3.8) is 0 Å². The monoisotopic (exact) mass is 268 g/mol. The van der Waals surface area contributed by atoms with Crippen molar-refractivity contribution in [3.8, 4) is 5.69 Å². The highest BCUT2D eigenvalue weighted by Gasteiger charge is 2.05. The number of nitrogens with one attached hydrogen (secondary N) is 1. The number of hydrogen-bond acceptors (Lipinski definition) is 2. The van der Waals surface area contributed by atoms with Crippen LogP contribution >= 0.6 is 0 Å². The predicted molar refractivity (Wildman–Crippen MR) is 77.1 cm³/mol. The van der Waals surface area contributed by atoms with Crippen molar-refractivity contribution in [2.45, 2.75) is 19.9 Å². The Bertz CT molecular complexity index is 735. The van der Waals surface area contributed by atoms with Crippen molar-refractivity contribution in [2.75, 3.05) is 0 Å². The van der Waals surface area contributed by atoms with E-state index < -0.39 is 0 Å². The first-order valence-electron chi connectivity index (χ1n) is 6.62. The summed E-state index contributed by atoms with van der Waals surface area (Å²) in [6.07, 6.45) is 6.31. The van der Waals surface area contributed by atoms with E-state index in [1.165, 1.54) is 5.56 Å². The van der Waals surface area contributed by atoms with E-state index in [4.69, 9.17) is 0 Å². The van der Waals surface area contributed by atoms with Gasteiger partial charge in [0.15, 0.2) is 0 Å². The smallest absolute Gasteiger partial charge is 0.271 e. The Labute approximate surface area is 116 Å². The van der Waals surface area contributed by atoms with Gasteiger partial charge in [-0.25, -0.2) is 9.67 Å². The van der Waals surface area contributed by atoms with Crippen LogP contribution in [0.1, 0.15) is 18.2 Å². The second-order valence-corrected chi connectivity index (χ2v) is 4.71. The van der Waals surface area contributed by atoms with Gasteiger partial charge in [0.2, 0.25) is 0 Å². The molecule has 0 saturated heterocycles. The molecule has 0 fully saturated rings. The molecule has 0 aliphatic carbocycles. The molecule has 0 aliphatic rings. The van der Waals surface area contributed by atoms with Crippen molar-refractivity contribution in [3.05, 3.63) is 70.7 Å². The van der Waals surface area contributed by atoms with Gasteiger partial charge in [0.1, 0.15) is 0 Å². The van der Waals surface area contributed by atoms with Gasteiger partial charge in [0.25, 0.3) is 5.56 Å². The minimum absolute atomic E-state index is 0.0515. The minimum atomic E-state index is -0.0515. The van der Waals surface area contributed by atoms with E-state index in [9.17, 15) is 4.79 Å². The Morgan fingerprint density at radius 1 is 1.25 bits per heavy atom. The van der Waals surface area contributed by atoms with Crippen LogP contribution in [-0.2, 0) is 13.0 Å². The van der Waals surface area contributed by atoms with Gasteiger partial charge in [-0.1, -0.05) is 19.1 Å². The average molecular weight is 268 g/mol. The van der Waals surface area contributed by atoms with E-state index in [1.54, 1.807) is 23.3 Å². The third-order valence-corrected chi connectivity index (χ3v) is 3.29. The zero-order valence-electron chi connectivity index (χ0n) is 11.3. The first-order chi connectivity index (χ1) is 9.76. The predicted octanol–water partition coefficient (Wildman–Crippen LogP) is 1.97. The van der Waals surface area contributed by atoms with E-state index in [0.29, 0.717) is 6.54 Å². The third-order valence-electron chi connectivity index (χ3n) is 3.29. The lowest BCUT2D eigenvalue weighted by Crippen LogP contribution is -2.13. The summed E-state index contributed by atoms with van der Waals surface area (Å²) in [5.74, 6) is 0. The topological polar surface area (TPSA) is 55.6 Å². The van der Waals surface area contributed by atoms with Crippen molar-refractivity contribution in [1.29, 1.82) is 0 Å². The number of aromatic nitrogens is 4. The van der Waals surface area contributed by atoms with Gasteiger partial charge in [-0.15, -0.1) is 0 Å². The highest BCUT2D eigenvalue weighted by atomic mass is 16.1. The molecule has 0 bridgehead atoms. The van der Waals surface area contributed by atoms with Gasteiger partial charge in [-0.3, -0.25) is 9.89 Å². The van der Waals surface area contributed by atoms with Crippen molar-refractivity contribution >= 4 is 0 Å². The molecule has 0 aliphatic heterocycles. The molecule has 0 saturated carbocycles. The Morgan fingerprint density at radius 2 is 2.05 bits per heavy atom. The maximum atomic E-state index is 12.0. The Kier molecular flexibility index (Phi) is 3.25. The van der Waals surface area contributed by atoms with E-state index in [-0.39, 0.29) is 5.56 Å². The summed E-state index contributed by atoms with van der Waals surface area (Å²) in [5, 5.41) is 3.13. The van der Waals surface area contributed by atoms with Crippen LogP contribution in [0.4, 0.5) is 0 Å². The molecule has 20 heavy (non-hydrogen) atoms. The van der Waals surface area contributed by atoms with Crippen LogP contribution in [0.5, 0.6) is 0 Å². The molecule has 5 heteroatoms. The highest BCUT2D eigenvalue weighted by molar-refractivity contribution is 5.34. The zero-order chi connectivity index (χ0) is 13.9. The molecule has 0 spiro atoms. The largest absolute Gasteiger partial charge is 0.332 e. The molecule has 3 rings (SSSR count). The number of benzene rings is 1. The van der Waals surface area contributed by atoms with Gasteiger partial charge in [0, 0.05) is 18.5 Å². The third kappa shape index (κ3) is 2.42. The lowest BCUT2D eigenvalue weighted by Gasteiger charge is -2.04. The number of H-pyrrole nitrogens is 1. The SMILES string of the molecule is CCc1ccc(-n2[nH]c(Cn3ccnc3)cc2=O)cc1. The summed E-state index contributed by atoms with van der Waals surface area (Å²) < 4.78 is 3.47. The molecule has 0 amide bonds. The van der Waals surface area contributed by atoms with Crippen LogP contribution in [0.2, 0.25) is 0 Å². The molecule has 102 valence electrons. The number of imidazole rings is 1. The summed E-state index contributed by atoms with van der Waals surface area (Å²) in [6.45, 7) is 2.72. The minimum Gasteiger partial charge on any atom is -0.332 e. The van der Waals surface area contributed by atoms with Crippen LogP contribution in [0.3, 0.4) is 0 Å². The molecule has 0 atom stereocenters. The van der Waals surface area contributed by atoms with Gasteiger partial charge >= 0.3 is 0 Å². The molecule has 2 aromatic heterocycles. The molecular formula is C15H16N4O. The zero-order valence-corrected chi connectivity index (χ0v) is 11.3. The van der Waals surface area contributed by atoms with E-state index >= 15 is 0 Å². The fraction of sp³-hybridized carbons (Fsp3) is 0.200.